The summed E-state index contributed by atoms with van der Waals surface area (Å²) < 4.78 is 22.3. The third-order valence-corrected chi connectivity index (χ3v) is 5.50. The average Bonchev–Trinajstić information content (AvgIpc) is 2.86. The number of sulfone groups is 1. The standard InChI is InChI=1S/C9H17BrO2S/c1-2-13(11,12)7-3-4-9(10)8-5-6-8/h8-9H,2-7H2,1H3. The van der Waals surface area contributed by atoms with Crippen LogP contribution in [0.5, 0.6) is 0 Å². The van der Waals surface area contributed by atoms with Gasteiger partial charge in [-0.1, -0.05) is 22.9 Å². The molecule has 0 spiro atoms. The maximum absolute atomic E-state index is 11.2. The zero-order chi connectivity index (χ0) is 9.90. The topological polar surface area (TPSA) is 34.1 Å². The van der Waals surface area contributed by atoms with E-state index in [0.29, 0.717) is 10.6 Å². The van der Waals surface area contributed by atoms with E-state index in [0.717, 1.165) is 18.8 Å². The second-order valence-electron chi connectivity index (χ2n) is 3.73. The smallest absolute Gasteiger partial charge is 0.150 e. The minimum Gasteiger partial charge on any atom is -0.229 e. The fraction of sp³-hybridized carbons (Fsp3) is 1.00. The summed E-state index contributed by atoms with van der Waals surface area (Å²) in [6.07, 6.45) is 4.44. The number of alkyl halides is 1. The molecule has 13 heavy (non-hydrogen) atoms. The van der Waals surface area contributed by atoms with Gasteiger partial charge in [0, 0.05) is 10.6 Å². The lowest BCUT2D eigenvalue weighted by Crippen LogP contribution is -2.11. The maximum atomic E-state index is 11.2. The highest BCUT2D eigenvalue weighted by molar-refractivity contribution is 9.09. The van der Waals surface area contributed by atoms with Gasteiger partial charge in [-0.25, -0.2) is 8.42 Å². The van der Waals surface area contributed by atoms with Crippen LogP contribution in [0.15, 0.2) is 0 Å². The van der Waals surface area contributed by atoms with Gasteiger partial charge in [-0.2, -0.15) is 0 Å². The zero-order valence-corrected chi connectivity index (χ0v) is 10.4. The first-order valence-electron chi connectivity index (χ1n) is 4.89. The summed E-state index contributed by atoms with van der Waals surface area (Å²) in [5.41, 5.74) is 0. The normalized spacial score (nSPS) is 20.2. The van der Waals surface area contributed by atoms with Crippen LogP contribution in [0.25, 0.3) is 0 Å². The van der Waals surface area contributed by atoms with Gasteiger partial charge >= 0.3 is 0 Å². The first-order valence-corrected chi connectivity index (χ1v) is 7.63. The molecule has 78 valence electrons. The number of hydrogen-bond acceptors (Lipinski definition) is 2. The second kappa shape index (κ2) is 4.78. The Bertz CT molecular complexity index is 244. The van der Waals surface area contributed by atoms with Crippen molar-refractivity contribution in [2.75, 3.05) is 11.5 Å². The SMILES string of the molecule is CCS(=O)(=O)CCCC(Br)C1CC1. The van der Waals surface area contributed by atoms with Crippen LogP contribution in [0, 0.1) is 5.92 Å². The van der Waals surface area contributed by atoms with E-state index in [9.17, 15) is 8.42 Å². The Kier molecular flexibility index (Phi) is 4.23. The predicted octanol–water partition coefficient (Wildman–Crippen LogP) is 2.37. The number of halogens is 1. The molecular weight excluding hydrogens is 252 g/mol. The highest BCUT2D eigenvalue weighted by Gasteiger charge is 2.28. The van der Waals surface area contributed by atoms with Crippen LogP contribution in [-0.4, -0.2) is 24.8 Å². The molecule has 0 aromatic heterocycles. The lowest BCUT2D eigenvalue weighted by Gasteiger charge is -2.07. The average molecular weight is 269 g/mol. The molecule has 1 rings (SSSR count). The van der Waals surface area contributed by atoms with Gasteiger partial charge in [0.1, 0.15) is 9.84 Å². The molecule has 0 heterocycles. The van der Waals surface area contributed by atoms with Gasteiger partial charge in [0.15, 0.2) is 0 Å². The molecule has 1 aliphatic rings. The second-order valence-corrected chi connectivity index (χ2v) is 7.38. The predicted molar refractivity (Wildman–Crippen MR) is 59.0 cm³/mol. The van der Waals surface area contributed by atoms with Crippen LogP contribution in [0.2, 0.25) is 0 Å². The van der Waals surface area contributed by atoms with Crippen LogP contribution >= 0.6 is 15.9 Å². The molecule has 0 N–H and O–H groups in total. The van der Waals surface area contributed by atoms with Crippen molar-refractivity contribution in [3.8, 4) is 0 Å². The summed E-state index contributed by atoms with van der Waals surface area (Å²) in [6.45, 7) is 1.71. The van der Waals surface area contributed by atoms with Crippen molar-refractivity contribution in [3.05, 3.63) is 0 Å². The first-order chi connectivity index (χ1) is 6.05. The van der Waals surface area contributed by atoms with E-state index in [-0.39, 0.29) is 5.75 Å². The van der Waals surface area contributed by atoms with E-state index in [1.54, 1.807) is 6.92 Å². The van der Waals surface area contributed by atoms with Crippen LogP contribution < -0.4 is 0 Å². The summed E-state index contributed by atoms with van der Waals surface area (Å²) >= 11 is 3.60. The fourth-order valence-electron chi connectivity index (χ4n) is 1.34. The minimum atomic E-state index is -2.74. The van der Waals surface area contributed by atoms with Gasteiger partial charge in [-0.3, -0.25) is 0 Å². The van der Waals surface area contributed by atoms with Crippen molar-refractivity contribution in [3.63, 3.8) is 0 Å². The Labute approximate surface area is 89.1 Å². The molecule has 0 amide bonds. The van der Waals surface area contributed by atoms with Gasteiger partial charge in [-0.15, -0.1) is 0 Å². The molecule has 0 saturated heterocycles. The highest BCUT2D eigenvalue weighted by atomic mass is 79.9. The Hall–Kier alpha value is 0.430. The van der Waals surface area contributed by atoms with Crippen LogP contribution in [0.3, 0.4) is 0 Å². The van der Waals surface area contributed by atoms with E-state index >= 15 is 0 Å². The van der Waals surface area contributed by atoms with Gasteiger partial charge in [-0.05, 0) is 31.6 Å². The fourth-order valence-corrected chi connectivity index (χ4v) is 3.08. The van der Waals surface area contributed by atoms with Gasteiger partial charge in [0.2, 0.25) is 0 Å². The summed E-state index contributed by atoms with van der Waals surface area (Å²) in [7, 11) is -2.74. The lowest BCUT2D eigenvalue weighted by molar-refractivity contribution is 0.589. The molecular formula is C9H17BrO2S. The monoisotopic (exact) mass is 268 g/mol. The van der Waals surface area contributed by atoms with Gasteiger partial charge in [0.05, 0.1) is 5.75 Å². The van der Waals surface area contributed by atoms with Crippen molar-refractivity contribution in [1.29, 1.82) is 0 Å². The van der Waals surface area contributed by atoms with E-state index in [1.807, 2.05) is 0 Å². The molecule has 0 bridgehead atoms. The largest absolute Gasteiger partial charge is 0.229 e. The van der Waals surface area contributed by atoms with Crippen LogP contribution in [0.1, 0.15) is 32.6 Å². The Morgan fingerprint density at radius 2 is 2.08 bits per heavy atom. The van der Waals surface area contributed by atoms with Crippen molar-refractivity contribution in [2.24, 2.45) is 5.92 Å². The number of rotatable bonds is 6. The summed E-state index contributed by atoms with van der Waals surface area (Å²) in [5.74, 6) is 1.46. The molecule has 1 aliphatic carbocycles. The van der Waals surface area contributed by atoms with Crippen molar-refractivity contribution < 1.29 is 8.42 Å². The van der Waals surface area contributed by atoms with Crippen molar-refractivity contribution in [2.45, 2.75) is 37.4 Å². The van der Waals surface area contributed by atoms with Gasteiger partial charge < -0.3 is 0 Å². The zero-order valence-electron chi connectivity index (χ0n) is 8.00. The minimum absolute atomic E-state index is 0.281. The Balaban J connectivity index is 2.12. The quantitative estimate of drug-likeness (QED) is 0.694. The third kappa shape index (κ3) is 4.45. The van der Waals surface area contributed by atoms with Crippen LogP contribution in [-0.2, 0) is 9.84 Å². The molecule has 4 heteroatoms. The van der Waals surface area contributed by atoms with E-state index in [1.165, 1.54) is 12.8 Å². The molecule has 0 aliphatic heterocycles. The van der Waals surface area contributed by atoms with Gasteiger partial charge in [0.25, 0.3) is 0 Å². The van der Waals surface area contributed by atoms with E-state index < -0.39 is 9.84 Å². The Morgan fingerprint density at radius 3 is 2.54 bits per heavy atom. The maximum Gasteiger partial charge on any atom is 0.150 e. The molecule has 1 atom stereocenters. The number of hydrogen-bond donors (Lipinski definition) is 0. The molecule has 2 nitrogen and oxygen atoms in total. The molecule has 0 radical (unpaired) electrons. The molecule has 1 fully saturated rings. The molecule has 1 saturated carbocycles. The van der Waals surface area contributed by atoms with E-state index in [4.69, 9.17) is 0 Å². The summed E-state index contributed by atoms with van der Waals surface area (Å²) in [5, 5.41) is 0. The molecule has 1 unspecified atom stereocenters. The third-order valence-electron chi connectivity index (χ3n) is 2.51. The molecule has 0 aromatic rings. The Morgan fingerprint density at radius 1 is 1.46 bits per heavy atom. The lowest BCUT2D eigenvalue weighted by atomic mass is 10.2. The highest BCUT2D eigenvalue weighted by Crippen LogP contribution is 2.38. The molecule has 0 aromatic carbocycles. The van der Waals surface area contributed by atoms with Crippen molar-refractivity contribution in [1.82, 2.24) is 0 Å². The first kappa shape index (κ1) is 11.5. The summed E-state index contributed by atoms with van der Waals surface area (Å²) in [4.78, 5) is 0.555. The van der Waals surface area contributed by atoms with Crippen molar-refractivity contribution >= 4 is 25.8 Å². The summed E-state index contributed by atoms with van der Waals surface area (Å²) in [6, 6.07) is 0. The van der Waals surface area contributed by atoms with E-state index in [2.05, 4.69) is 15.9 Å². The van der Waals surface area contributed by atoms with Crippen LogP contribution in [0.4, 0.5) is 0 Å².